The molecule has 2 fully saturated rings. The molecule has 0 aromatic carbocycles. The van der Waals surface area contributed by atoms with Crippen LogP contribution in [0, 0.1) is 11.3 Å². The highest BCUT2D eigenvalue weighted by Crippen LogP contribution is 2.35. The molecule has 0 spiro atoms. The summed E-state index contributed by atoms with van der Waals surface area (Å²) in [6.07, 6.45) is 8.16. The van der Waals surface area contributed by atoms with E-state index in [1.165, 1.54) is 45.1 Å². The van der Waals surface area contributed by atoms with Crippen molar-refractivity contribution in [2.24, 2.45) is 11.3 Å². The molecule has 1 heterocycles. The van der Waals surface area contributed by atoms with Gasteiger partial charge in [0.1, 0.15) is 0 Å². The predicted octanol–water partition coefficient (Wildman–Crippen LogP) is 2.97. The maximum atomic E-state index is 5.41. The molecule has 2 unspecified atom stereocenters. The van der Waals surface area contributed by atoms with Crippen LogP contribution < -0.4 is 5.32 Å². The van der Waals surface area contributed by atoms with Crippen LogP contribution in [0.5, 0.6) is 0 Å². The molecule has 2 heteroatoms. The van der Waals surface area contributed by atoms with Gasteiger partial charge in [-0.25, -0.2) is 0 Å². The van der Waals surface area contributed by atoms with Crippen LogP contribution in [-0.2, 0) is 4.74 Å². The fourth-order valence-corrected chi connectivity index (χ4v) is 3.15. The first-order chi connectivity index (χ1) is 7.68. The Hall–Kier alpha value is -0.0800. The quantitative estimate of drug-likeness (QED) is 0.794. The lowest BCUT2D eigenvalue weighted by Gasteiger charge is -2.39. The summed E-state index contributed by atoms with van der Waals surface area (Å²) in [5, 5.41) is 3.78. The van der Waals surface area contributed by atoms with Crippen LogP contribution in [-0.4, -0.2) is 25.8 Å². The highest BCUT2D eigenvalue weighted by molar-refractivity contribution is 4.87. The molecule has 1 saturated heterocycles. The molecule has 2 atom stereocenters. The Morgan fingerprint density at radius 2 is 2.12 bits per heavy atom. The summed E-state index contributed by atoms with van der Waals surface area (Å²) in [4.78, 5) is 0. The van der Waals surface area contributed by atoms with Gasteiger partial charge in [-0.2, -0.15) is 0 Å². The molecule has 0 aromatic rings. The lowest BCUT2D eigenvalue weighted by atomic mass is 9.73. The summed E-state index contributed by atoms with van der Waals surface area (Å²) >= 11 is 0. The summed E-state index contributed by atoms with van der Waals surface area (Å²) in [5.74, 6) is 0.819. The molecule has 1 aliphatic carbocycles. The topological polar surface area (TPSA) is 21.3 Å². The van der Waals surface area contributed by atoms with Gasteiger partial charge in [-0.3, -0.25) is 0 Å². The van der Waals surface area contributed by atoms with Crippen molar-refractivity contribution in [3.05, 3.63) is 0 Å². The molecule has 1 saturated carbocycles. The standard InChI is InChI=1S/C14H27NO/c1-14(2)8-4-3-5-13(14)15-9-6-12-7-10-16-11-12/h12-13,15H,3-11H2,1-2H3. The first-order valence-corrected chi connectivity index (χ1v) is 6.99. The Morgan fingerprint density at radius 1 is 1.25 bits per heavy atom. The molecule has 2 nitrogen and oxygen atoms in total. The van der Waals surface area contributed by atoms with Gasteiger partial charge in [0.25, 0.3) is 0 Å². The number of ether oxygens (including phenoxy) is 1. The van der Waals surface area contributed by atoms with E-state index in [-0.39, 0.29) is 0 Å². The van der Waals surface area contributed by atoms with E-state index in [0.29, 0.717) is 5.41 Å². The first-order valence-electron chi connectivity index (χ1n) is 6.99. The van der Waals surface area contributed by atoms with Crippen LogP contribution in [0.15, 0.2) is 0 Å². The predicted molar refractivity (Wildman–Crippen MR) is 67.6 cm³/mol. The van der Waals surface area contributed by atoms with E-state index in [1.54, 1.807) is 0 Å². The summed E-state index contributed by atoms with van der Waals surface area (Å²) in [7, 11) is 0. The summed E-state index contributed by atoms with van der Waals surface area (Å²) < 4.78 is 5.41. The van der Waals surface area contributed by atoms with E-state index in [0.717, 1.165) is 25.2 Å². The molecule has 1 aliphatic heterocycles. The van der Waals surface area contributed by atoms with Crippen LogP contribution >= 0.6 is 0 Å². The third-order valence-corrected chi connectivity index (χ3v) is 4.47. The van der Waals surface area contributed by atoms with Crippen molar-refractivity contribution in [1.29, 1.82) is 0 Å². The van der Waals surface area contributed by atoms with Gasteiger partial charge >= 0.3 is 0 Å². The Kier molecular flexibility index (Phi) is 4.26. The number of rotatable bonds is 4. The van der Waals surface area contributed by atoms with Crippen LogP contribution in [0.1, 0.15) is 52.4 Å². The molecule has 1 N–H and O–H groups in total. The number of hydrogen-bond donors (Lipinski definition) is 1. The normalized spacial score (nSPS) is 34.1. The maximum Gasteiger partial charge on any atom is 0.0495 e. The van der Waals surface area contributed by atoms with Crippen molar-refractivity contribution >= 4 is 0 Å². The second kappa shape index (κ2) is 5.50. The molecule has 0 aromatic heterocycles. The van der Waals surface area contributed by atoms with E-state index in [2.05, 4.69) is 19.2 Å². The number of hydrogen-bond acceptors (Lipinski definition) is 2. The molecular formula is C14H27NO. The Balaban J connectivity index is 1.67. The van der Waals surface area contributed by atoms with Crippen molar-refractivity contribution in [3.63, 3.8) is 0 Å². The Labute approximate surface area is 100 Å². The lowest BCUT2D eigenvalue weighted by Crippen LogP contribution is -2.44. The zero-order valence-electron chi connectivity index (χ0n) is 10.9. The first kappa shape index (κ1) is 12.4. The van der Waals surface area contributed by atoms with Crippen molar-refractivity contribution in [1.82, 2.24) is 5.32 Å². The molecule has 2 rings (SSSR count). The summed E-state index contributed by atoms with van der Waals surface area (Å²) in [6, 6.07) is 0.739. The summed E-state index contributed by atoms with van der Waals surface area (Å²) in [5.41, 5.74) is 0.504. The van der Waals surface area contributed by atoms with Gasteiger partial charge in [-0.1, -0.05) is 26.7 Å². The Bertz CT molecular complexity index is 209. The second-order valence-corrected chi connectivity index (χ2v) is 6.26. The fourth-order valence-electron chi connectivity index (χ4n) is 3.15. The second-order valence-electron chi connectivity index (χ2n) is 6.26. The van der Waals surface area contributed by atoms with Crippen molar-refractivity contribution in [2.45, 2.75) is 58.4 Å². The van der Waals surface area contributed by atoms with Gasteiger partial charge in [0.05, 0.1) is 0 Å². The van der Waals surface area contributed by atoms with Crippen LogP contribution in [0.2, 0.25) is 0 Å². The van der Waals surface area contributed by atoms with Gasteiger partial charge in [-0.05, 0) is 43.6 Å². The average molecular weight is 225 g/mol. The molecule has 2 aliphatic rings. The minimum atomic E-state index is 0.504. The fraction of sp³-hybridized carbons (Fsp3) is 1.00. The lowest BCUT2D eigenvalue weighted by molar-refractivity contribution is 0.162. The third-order valence-electron chi connectivity index (χ3n) is 4.47. The smallest absolute Gasteiger partial charge is 0.0495 e. The molecule has 0 bridgehead atoms. The monoisotopic (exact) mass is 225 g/mol. The Morgan fingerprint density at radius 3 is 2.81 bits per heavy atom. The zero-order chi connectivity index (χ0) is 11.4. The SMILES string of the molecule is CC1(C)CCCCC1NCCC1CCOC1. The largest absolute Gasteiger partial charge is 0.381 e. The van der Waals surface area contributed by atoms with E-state index < -0.39 is 0 Å². The molecule has 94 valence electrons. The van der Waals surface area contributed by atoms with Gasteiger partial charge in [-0.15, -0.1) is 0 Å². The molecule has 0 radical (unpaired) electrons. The minimum absolute atomic E-state index is 0.504. The van der Waals surface area contributed by atoms with Gasteiger partial charge in [0.2, 0.25) is 0 Å². The third kappa shape index (κ3) is 3.21. The van der Waals surface area contributed by atoms with E-state index >= 15 is 0 Å². The van der Waals surface area contributed by atoms with Crippen LogP contribution in [0.25, 0.3) is 0 Å². The van der Waals surface area contributed by atoms with E-state index in [9.17, 15) is 0 Å². The summed E-state index contributed by atoms with van der Waals surface area (Å²) in [6.45, 7) is 8.00. The molecule has 0 amide bonds. The highest BCUT2D eigenvalue weighted by Gasteiger charge is 2.31. The average Bonchev–Trinajstić information content (AvgIpc) is 2.73. The maximum absolute atomic E-state index is 5.41. The van der Waals surface area contributed by atoms with Crippen molar-refractivity contribution < 1.29 is 4.74 Å². The van der Waals surface area contributed by atoms with E-state index in [1.807, 2.05) is 0 Å². The van der Waals surface area contributed by atoms with Gasteiger partial charge in [0.15, 0.2) is 0 Å². The number of nitrogens with one attached hydrogen (secondary N) is 1. The zero-order valence-corrected chi connectivity index (χ0v) is 10.9. The molecule has 16 heavy (non-hydrogen) atoms. The van der Waals surface area contributed by atoms with Crippen molar-refractivity contribution in [2.75, 3.05) is 19.8 Å². The van der Waals surface area contributed by atoms with Gasteiger partial charge < -0.3 is 10.1 Å². The minimum Gasteiger partial charge on any atom is -0.381 e. The van der Waals surface area contributed by atoms with E-state index in [4.69, 9.17) is 4.74 Å². The van der Waals surface area contributed by atoms with Crippen molar-refractivity contribution in [3.8, 4) is 0 Å². The van der Waals surface area contributed by atoms with Crippen LogP contribution in [0.3, 0.4) is 0 Å². The highest BCUT2D eigenvalue weighted by atomic mass is 16.5. The molecular weight excluding hydrogens is 198 g/mol. The van der Waals surface area contributed by atoms with Crippen LogP contribution in [0.4, 0.5) is 0 Å². The van der Waals surface area contributed by atoms with Gasteiger partial charge in [0, 0.05) is 19.3 Å².